The second-order valence-electron chi connectivity index (χ2n) is 5.34. The molecule has 0 bridgehead atoms. The molecule has 0 saturated heterocycles. The molecular weight excluding hydrogens is 246 g/mol. The van der Waals surface area contributed by atoms with Crippen LogP contribution in [0.3, 0.4) is 0 Å². The fourth-order valence-electron chi connectivity index (χ4n) is 2.56. The van der Waals surface area contributed by atoms with E-state index in [9.17, 15) is 0 Å². The quantitative estimate of drug-likeness (QED) is 0.757. The van der Waals surface area contributed by atoms with Gasteiger partial charge in [-0.15, -0.1) is 0 Å². The van der Waals surface area contributed by atoms with Gasteiger partial charge in [0, 0.05) is 17.5 Å². The average Bonchev–Trinajstić information content (AvgIpc) is 2.83. The van der Waals surface area contributed by atoms with Gasteiger partial charge >= 0.3 is 0 Å². The van der Waals surface area contributed by atoms with Gasteiger partial charge in [-0.1, -0.05) is 29.3 Å². The Balaban J connectivity index is 2.16. The van der Waals surface area contributed by atoms with Crippen LogP contribution < -0.4 is 5.32 Å². The summed E-state index contributed by atoms with van der Waals surface area (Å²) in [6.45, 7) is 5.05. The highest BCUT2D eigenvalue weighted by Gasteiger charge is 2.10. The van der Waals surface area contributed by atoms with Gasteiger partial charge in [0.25, 0.3) is 0 Å². The first-order valence-corrected chi connectivity index (χ1v) is 6.92. The summed E-state index contributed by atoms with van der Waals surface area (Å²) in [6, 6.07) is 14.9. The molecule has 2 aromatic carbocycles. The fraction of sp³-hybridized carbons (Fsp3) is 0.222. The molecule has 0 radical (unpaired) electrons. The van der Waals surface area contributed by atoms with E-state index in [1.807, 2.05) is 13.1 Å². The number of furan rings is 1. The molecule has 3 aromatic rings. The second kappa shape index (κ2) is 5.14. The van der Waals surface area contributed by atoms with Gasteiger partial charge in [-0.3, -0.25) is 0 Å². The minimum absolute atomic E-state index is 0.839. The topological polar surface area (TPSA) is 25.2 Å². The smallest absolute Gasteiger partial charge is 0.135 e. The lowest BCUT2D eigenvalue weighted by Crippen LogP contribution is -2.06. The highest BCUT2D eigenvalue weighted by Crippen LogP contribution is 2.31. The van der Waals surface area contributed by atoms with E-state index in [4.69, 9.17) is 4.42 Å². The van der Waals surface area contributed by atoms with E-state index >= 15 is 0 Å². The lowest BCUT2D eigenvalue weighted by atomic mass is 10.0. The Hall–Kier alpha value is -2.06. The van der Waals surface area contributed by atoms with Crippen LogP contribution in [0.5, 0.6) is 0 Å². The summed E-state index contributed by atoms with van der Waals surface area (Å²) in [5.74, 6) is 0.944. The molecule has 2 nitrogen and oxygen atoms in total. The van der Waals surface area contributed by atoms with Crippen LogP contribution in [0.15, 0.2) is 46.9 Å². The first-order chi connectivity index (χ1) is 9.67. The van der Waals surface area contributed by atoms with Crippen LogP contribution in [0.4, 0.5) is 0 Å². The summed E-state index contributed by atoms with van der Waals surface area (Å²) in [7, 11) is 1.96. The molecule has 0 unspecified atom stereocenters. The summed E-state index contributed by atoms with van der Waals surface area (Å²) < 4.78 is 6.02. The number of hydrogen-bond acceptors (Lipinski definition) is 2. The third-order valence-corrected chi connectivity index (χ3v) is 3.57. The molecule has 0 atom stereocenters. The van der Waals surface area contributed by atoms with Crippen LogP contribution in [-0.4, -0.2) is 7.05 Å². The van der Waals surface area contributed by atoms with Crippen LogP contribution in [0.2, 0.25) is 0 Å². The van der Waals surface area contributed by atoms with Gasteiger partial charge in [-0.2, -0.15) is 0 Å². The monoisotopic (exact) mass is 265 g/mol. The minimum Gasteiger partial charge on any atom is -0.456 e. The Morgan fingerprint density at radius 1 is 0.950 bits per heavy atom. The zero-order chi connectivity index (χ0) is 14.1. The zero-order valence-corrected chi connectivity index (χ0v) is 12.2. The first kappa shape index (κ1) is 12.9. The lowest BCUT2D eigenvalue weighted by Gasteiger charge is -2.08. The van der Waals surface area contributed by atoms with E-state index in [0.29, 0.717) is 0 Å². The van der Waals surface area contributed by atoms with Crippen molar-refractivity contribution in [2.24, 2.45) is 0 Å². The molecule has 102 valence electrons. The largest absolute Gasteiger partial charge is 0.456 e. The predicted molar refractivity (Wildman–Crippen MR) is 83.9 cm³/mol. The molecule has 0 spiro atoms. The predicted octanol–water partition coefficient (Wildman–Crippen LogP) is 4.44. The maximum absolute atomic E-state index is 6.02. The Bertz CT molecular complexity index is 755. The molecule has 20 heavy (non-hydrogen) atoms. The Kier molecular flexibility index (Phi) is 3.33. The fourth-order valence-corrected chi connectivity index (χ4v) is 2.56. The van der Waals surface area contributed by atoms with Gasteiger partial charge in [0.2, 0.25) is 0 Å². The van der Waals surface area contributed by atoms with Crippen LogP contribution in [0.1, 0.15) is 16.7 Å². The van der Waals surface area contributed by atoms with Crippen LogP contribution >= 0.6 is 0 Å². The van der Waals surface area contributed by atoms with Gasteiger partial charge in [-0.25, -0.2) is 0 Å². The number of nitrogens with one attached hydrogen (secondary N) is 1. The molecule has 1 N–H and O–H groups in total. The highest BCUT2D eigenvalue weighted by atomic mass is 16.3. The summed E-state index contributed by atoms with van der Waals surface area (Å²) in [5, 5.41) is 4.38. The van der Waals surface area contributed by atoms with Crippen molar-refractivity contribution in [3.63, 3.8) is 0 Å². The van der Waals surface area contributed by atoms with E-state index in [-0.39, 0.29) is 0 Å². The minimum atomic E-state index is 0.839. The van der Waals surface area contributed by atoms with Gasteiger partial charge in [0.1, 0.15) is 11.3 Å². The average molecular weight is 265 g/mol. The SMILES string of the molecule is CNCc1ccc(C)cc1-c1cc2cc(C)ccc2o1. The van der Waals surface area contributed by atoms with Gasteiger partial charge < -0.3 is 9.73 Å². The summed E-state index contributed by atoms with van der Waals surface area (Å²) in [6.07, 6.45) is 0. The standard InChI is InChI=1S/C18H19NO/c1-12-5-7-17-15(8-12)10-18(20-17)16-9-13(2)4-6-14(16)11-19-3/h4-10,19H,11H2,1-3H3. The summed E-state index contributed by atoms with van der Waals surface area (Å²) in [4.78, 5) is 0. The van der Waals surface area contributed by atoms with Gasteiger partial charge in [-0.05, 0) is 50.7 Å². The molecule has 1 aromatic heterocycles. The molecule has 1 heterocycles. The third-order valence-electron chi connectivity index (χ3n) is 3.57. The molecule has 0 aliphatic carbocycles. The Morgan fingerprint density at radius 3 is 2.50 bits per heavy atom. The maximum atomic E-state index is 6.02. The molecule has 0 aliphatic rings. The first-order valence-electron chi connectivity index (χ1n) is 6.92. The number of fused-ring (bicyclic) bond motifs is 1. The van der Waals surface area contributed by atoms with Crippen molar-refractivity contribution in [2.45, 2.75) is 20.4 Å². The molecule has 0 fully saturated rings. The number of rotatable bonds is 3. The van der Waals surface area contributed by atoms with Gasteiger partial charge in [0.05, 0.1) is 0 Å². The van der Waals surface area contributed by atoms with Crippen molar-refractivity contribution < 1.29 is 4.42 Å². The summed E-state index contributed by atoms with van der Waals surface area (Å²) >= 11 is 0. The van der Waals surface area contributed by atoms with Crippen molar-refractivity contribution in [1.82, 2.24) is 5.32 Å². The third kappa shape index (κ3) is 2.35. The van der Waals surface area contributed by atoms with Crippen molar-refractivity contribution in [1.29, 1.82) is 0 Å². The molecule has 0 amide bonds. The van der Waals surface area contributed by atoms with Crippen molar-refractivity contribution in [2.75, 3.05) is 7.05 Å². The molecule has 0 aliphatic heterocycles. The van der Waals surface area contributed by atoms with Crippen LogP contribution in [0, 0.1) is 13.8 Å². The van der Waals surface area contributed by atoms with Crippen LogP contribution in [0.25, 0.3) is 22.3 Å². The normalized spacial score (nSPS) is 11.2. The van der Waals surface area contributed by atoms with Crippen molar-refractivity contribution in [3.05, 3.63) is 59.2 Å². The van der Waals surface area contributed by atoms with Crippen LogP contribution in [-0.2, 0) is 6.54 Å². The number of aryl methyl sites for hydroxylation is 2. The Morgan fingerprint density at radius 2 is 1.70 bits per heavy atom. The van der Waals surface area contributed by atoms with E-state index in [1.54, 1.807) is 0 Å². The zero-order valence-electron chi connectivity index (χ0n) is 12.2. The maximum Gasteiger partial charge on any atom is 0.135 e. The Labute approximate surface area is 119 Å². The lowest BCUT2D eigenvalue weighted by molar-refractivity contribution is 0.629. The van der Waals surface area contributed by atoms with E-state index in [1.165, 1.54) is 22.3 Å². The highest BCUT2D eigenvalue weighted by molar-refractivity contribution is 5.84. The van der Waals surface area contributed by atoms with E-state index in [0.717, 1.165) is 23.3 Å². The van der Waals surface area contributed by atoms with Crippen molar-refractivity contribution >= 4 is 11.0 Å². The number of benzene rings is 2. The molecule has 2 heteroatoms. The number of hydrogen-bond donors (Lipinski definition) is 1. The van der Waals surface area contributed by atoms with Gasteiger partial charge in [0.15, 0.2) is 0 Å². The van der Waals surface area contributed by atoms with E-state index < -0.39 is 0 Å². The van der Waals surface area contributed by atoms with E-state index in [2.05, 4.69) is 55.6 Å². The molecular formula is C18H19NO. The summed E-state index contributed by atoms with van der Waals surface area (Å²) in [5.41, 5.74) is 5.88. The molecule has 0 saturated carbocycles. The second-order valence-corrected chi connectivity index (χ2v) is 5.34. The van der Waals surface area contributed by atoms with Crippen molar-refractivity contribution in [3.8, 4) is 11.3 Å². The molecule has 3 rings (SSSR count).